The molecule has 0 radical (unpaired) electrons. The van der Waals surface area contributed by atoms with E-state index in [4.69, 9.17) is 4.42 Å². The van der Waals surface area contributed by atoms with E-state index in [-0.39, 0.29) is 17.1 Å². The Hall–Kier alpha value is -2.37. The highest BCUT2D eigenvalue weighted by atomic mass is 32.2. The van der Waals surface area contributed by atoms with E-state index in [0.717, 1.165) is 23.1 Å². The van der Waals surface area contributed by atoms with Crippen molar-refractivity contribution >= 4 is 38.9 Å². The molecule has 1 aliphatic rings. The highest BCUT2D eigenvalue weighted by Gasteiger charge is 2.22. The van der Waals surface area contributed by atoms with E-state index < -0.39 is 0 Å². The Balaban J connectivity index is 1.47. The maximum atomic E-state index is 10.4. The van der Waals surface area contributed by atoms with Crippen LogP contribution in [0.1, 0.15) is 48.9 Å². The number of nitriles is 1. The van der Waals surface area contributed by atoms with E-state index >= 15 is 0 Å². The van der Waals surface area contributed by atoms with Gasteiger partial charge in [-0.1, -0.05) is 43.2 Å². The molecule has 0 spiro atoms. The fraction of sp³-hybridized carbons (Fsp3) is 0.368. The molecular formula is C19H18N4O2S2. The molecule has 0 unspecified atom stereocenters. The molecule has 0 aliphatic heterocycles. The summed E-state index contributed by atoms with van der Waals surface area (Å²) in [7, 11) is 0. The molecule has 1 saturated carbocycles. The maximum absolute atomic E-state index is 10.4. The van der Waals surface area contributed by atoms with E-state index in [1.54, 1.807) is 0 Å². The van der Waals surface area contributed by atoms with Gasteiger partial charge in [0.1, 0.15) is 22.4 Å². The zero-order valence-corrected chi connectivity index (χ0v) is 16.2. The lowest BCUT2D eigenvalue weighted by Gasteiger charge is -2.17. The van der Waals surface area contributed by atoms with E-state index in [2.05, 4.69) is 21.3 Å². The topological polar surface area (TPSA) is 95.8 Å². The van der Waals surface area contributed by atoms with Crippen LogP contribution in [0.3, 0.4) is 0 Å². The molecule has 0 atom stereocenters. The Morgan fingerprint density at radius 1 is 1.26 bits per heavy atom. The fourth-order valence-corrected chi connectivity index (χ4v) is 4.84. The molecule has 27 heavy (non-hydrogen) atoms. The Morgan fingerprint density at radius 2 is 2.07 bits per heavy atom. The van der Waals surface area contributed by atoms with Gasteiger partial charge >= 0.3 is 0 Å². The predicted octanol–water partition coefficient (Wildman–Crippen LogP) is 5.31. The van der Waals surface area contributed by atoms with Gasteiger partial charge in [-0.15, -0.1) is 21.5 Å². The van der Waals surface area contributed by atoms with Gasteiger partial charge in [-0.25, -0.2) is 4.98 Å². The first-order valence-corrected chi connectivity index (χ1v) is 10.7. The van der Waals surface area contributed by atoms with E-state index in [1.807, 2.05) is 24.3 Å². The Bertz CT molecular complexity index is 979. The number of rotatable bonds is 5. The molecule has 1 aliphatic carbocycles. The van der Waals surface area contributed by atoms with Crippen molar-refractivity contribution in [1.82, 2.24) is 15.2 Å². The second-order valence-electron chi connectivity index (χ2n) is 6.45. The van der Waals surface area contributed by atoms with Crippen molar-refractivity contribution in [3.63, 3.8) is 0 Å². The van der Waals surface area contributed by atoms with Gasteiger partial charge in [0, 0.05) is 5.92 Å². The van der Waals surface area contributed by atoms with Gasteiger partial charge in [0.15, 0.2) is 0 Å². The second kappa shape index (κ2) is 8.11. The minimum atomic E-state index is -0.0287. The van der Waals surface area contributed by atoms with Gasteiger partial charge in [-0.05, 0) is 25.0 Å². The largest absolute Gasteiger partial charge is 0.510 e. The van der Waals surface area contributed by atoms with Crippen LogP contribution in [-0.2, 0) is 0 Å². The molecule has 138 valence electrons. The van der Waals surface area contributed by atoms with E-state index in [9.17, 15) is 10.4 Å². The van der Waals surface area contributed by atoms with Crippen molar-refractivity contribution in [2.75, 3.05) is 5.75 Å². The summed E-state index contributed by atoms with van der Waals surface area (Å²) < 4.78 is 6.73. The minimum Gasteiger partial charge on any atom is -0.510 e. The Kier molecular flexibility index (Phi) is 5.41. The van der Waals surface area contributed by atoms with Gasteiger partial charge in [0.05, 0.1) is 16.0 Å². The van der Waals surface area contributed by atoms with Crippen LogP contribution in [0.2, 0.25) is 0 Å². The van der Waals surface area contributed by atoms with Crippen molar-refractivity contribution in [3.05, 3.63) is 40.9 Å². The van der Waals surface area contributed by atoms with Crippen molar-refractivity contribution < 1.29 is 9.52 Å². The van der Waals surface area contributed by atoms with Crippen LogP contribution in [0.25, 0.3) is 15.8 Å². The molecule has 2 heterocycles. The molecule has 1 N–H and O–H groups in total. The third-order valence-corrected chi connectivity index (χ3v) is 6.50. The molecule has 1 fully saturated rings. The number of allylic oxidation sites excluding steroid dienone is 1. The second-order valence-corrected chi connectivity index (χ2v) is 8.41. The van der Waals surface area contributed by atoms with Crippen LogP contribution in [0.4, 0.5) is 0 Å². The van der Waals surface area contributed by atoms with Gasteiger partial charge < -0.3 is 9.52 Å². The molecule has 2 aromatic heterocycles. The van der Waals surface area contributed by atoms with Gasteiger partial charge in [0.2, 0.25) is 5.89 Å². The monoisotopic (exact) mass is 398 g/mol. The van der Waals surface area contributed by atoms with Gasteiger partial charge in [0.25, 0.3) is 5.22 Å². The number of aliphatic hydroxyl groups is 1. The summed E-state index contributed by atoms with van der Waals surface area (Å²) in [6.07, 6.45) is 5.86. The number of aromatic nitrogens is 3. The standard InChI is InChI=1S/C19H18N4O2S2/c20-10-13(18-21-14-8-4-5-9-16(14)27-18)15(24)11-26-19-23-22-17(25-19)12-6-2-1-3-7-12/h4-5,8-9,12,24H,1-3,6-7,11H2/b15-13-. The van der Waals surface area contributed by atoms with Crippen LogP contribution < -0.4 is 0 Å². The van der Waals surface area contributed by atoms with Crippen molar-refractivity contribution in [1.29, 1.82) is 5.26 Å². The quantitative estimate of drug-likeness (QED) is 0.353. The number of hydrogen-bond acceptors (Lipinski definition) is 8. The summed E-state index contributed by atoms with van der Waals surface area (Å²) in [6, 6.07) is 9.73. The molecular weight excluding hydrogens is 380 g/mol. The first-order chi connectivity index (χ1) is 13.2. The number of hydrogen-bond donors (Lipinski definition) is 1. The van der Waals surface area contributed by atoms with Crippen molar-refractivity contribution in [2.45, 2.75) is 43.2 Å². The van der Waals surface area contributed by atoms with Crippen molar-refractivity contribution in [2.24, 2.45) is 0 Å². The third-order valence-electron chi connectivity index (χ3n) is 4.62. The third kappa shape index (κ3) is 3.99. The van der Waals surface area contributed by atoms with Crippen LogP contribution in [0, 0.1) is 11.3 Å². The smallest absolute Gasteiger partial charge is 0.277 e. The summed E-state index contributed by atoms with van der Waals surface area (Å²) in [4.78, 5) is 4.44. The number of fused-ring (bicyclic) bond motifs is 1. The average molecular weight is 399 g/mol. The lowest BCUT2D eigenvalue weighted by atomic mass is 9.89. The molecule has 3 aromatic rings. The fourth-order valence-electron chi connectivity index (χ4n) is 3.21. The van der Waals surface area contributed by atoms with Crippen LogP contribution in [0.15, 0.2) is 39.7 Å². The van der Waals surface area contributed by atoms with Gasteiger partial charge in [-0.2, -0.15) is 5.26 Å². The average Bonchev–Trinajstić information content (AvgIpc) is 3.34. The van der Waals surface area contributed by atoms with Crippen molar-refractivity contribution in [3.8, 4) is 6.07 Å². The first kappa shape index (κ1) is 18.0. The molecule has 8 heteroatoms. The summed E-state index contributed by atoms with van der Waals surface area (Å²) in [5.41, 5.74) is 1.01. The maximum Gasteiger partial charge on any atom is 0.277 e. The molecule has 0 amide bonds. The summed E-state index contributed by atoms with van der Waals surface area (Å²) in [6.45, 7) is 0. The van der Waals surface area contributed by atoms with Gasteiger partial charge in [-0.3, -0.25) is 0 Å². The molecule has 4 rings (SSSR count). The number of para-hydroxylation sites is 1. The highest BCUT2D eigenvalue weighted by molar-refractivity contribution is 7.99. The summed E-state index contributed by atoms with van der Waals surface area (Å²) in [5.74, 6) is 1.19. The zero-order chi connectivity index (χ0) is 18.6. The number of nitrogens with zero attached hydrogens (tertiary/aromatic N) is 4. The molecule has 0 saturated heterocycles. The number of benzene rings is 1. The summed E-state index contributed by atoms with van der Waals surface area (Å²) >= 11 is 2.63. The Labute approximate surface area is 164 Å². The van der Waals surface area contributed by atoms with E-state index in [0.29, 0.717) is 22.0 Å². The number of thiazole rings is 1. The lowest BCUT2D eigenvalue weighted by Crippen LogP contribution is -2.04. The molecule has 0 bridgehead atoms. The normalized spacial score (nSPS) is 16.3. The van der Waals surface area contributed by atoms with Crippen LogP contribution in [0.5, 0.6) is 0 Å². The number of thioether (sulfide) groups is 1. The SMILES string of the molecule is N#C/C(=C(/O)CSc1nnc(C2CCCCC2)o1)c1nc2ccccc2s1. The molecule has 1 aromatic carbocycles. The number of aliphatic hydroxyl groups excluding tert-OH is 1. The van der Waals surface area contributed by atoms with Crippen LogP contribution >= 0.6 is 23.1 Å². The Morgan fingerprint density at radius 3 is 2.85 bits per heavy atom. The first-order valence-electron chi connectivity index (χ1n) is 8.89. The minimum absolute atomic E-state index is 0.0287. The molecule has 6 nitrogen and oxygen atoms in total. The zero-order valence-electron chi connectivity index (χ0n) is 14.6. The predicted molar refractivity (Wildman–Crippen MR) is 106 cm³/mol. The van der Waals surface area contributed by atoms with Crippen LogP contribution in [-0.4, -0.2) is 26.0 Å². The van der Waals surface area contributed by atoms with E-state index in [1.165, 1.54) is 42.4 Å². The highest BCUT2D eigenvalue weighted by Crippen LogP contribution is 2.34. The lowest BCUT2D eigenvalue weighted by molar-refractivity contribution is 0.334. The summed E-state index contributed by atoms with van der Waals surface area (Å²) in [5, 5.41) is 29.1.